The maximum absolute atomic E-state index is 13.2. The highest BCUT2D eigenvalue weighted by atomic mass is 35.5. The maximum atomic E-state index is 13.2. The Labute approximate surface area is 86.9 Å². The van der Waals surface area contributed by atoms with Crippen LogP contribution in [-0.2, 0) is 11.2 Å². The van der Waals surface area contributed by atoms with Crippen molar-refractivity contribution in [3.05, 3.63) is 34.6 Å². The van der Waals surface area contributed by atoms with Crippen LogP contribution in [0.3, 0.4) is 0 Å². The van der Waals surface area contributed by atoms with Gasteiger partial charge in [-0.1, -0.05) is 11.6 Å². The molecule has 0 amide bonds. The SMILES string of the molecule is O=C(Cc1cc(Cl)ccc1F)C1CC1. The molecule has 2 rings (SSSR count). The van der Waals surface area contributed by atoms with Gasteiger partial charge in [0.1, 0.15) is 11.6 Å². The second kappa shape index (κ2) is 3.70. The number of carbonyl (C=O) groups is 1. The van der Waals surface area contributed by atoms with Crippen molar-refractivity contribution >= 4 is 17.4 Å². The Hall–Kier alpha value is -0.890. The van der Waals surface area contributed by atoms with Crippen LogP contribution in [0.1, 0.15) is 18.4 Å². The fourth-order valence-electron chi connectivity index (χ4n) is 1.42. The number of carbonyl (C=O) groups excluding carboxylic acids is 1. The molecule has 0 radical (unpaired) electrons. The van der Waals surface area contributed by atoms with Crippen molar-refractivity contribution in [2.45, 2.75) is 19.3 Å². The summed E-state index contributed by atoms with van der Waals surface area (Å²) in [6, 6.07) is 4.32. The van der Waals surface area contributed by atoms with Crippen molar-refractivity contribution in [3.63, 3.8) is 0 Å². The molecule has 1 aromatic rings. The Morgan fingerprint density at radius 3 is 2.86 bits per heavy atom. The molecule has 0 saturated heterocycles. The molecule has 3 heteroatoms. The van der Waals surface area contributed by atoms with Crippen LogP contribution in [0.15, 0.2) is 18.2 Å². The van der Waals surface area contributed by atoms with Gasteiger partial charge in [-0.25, -0.2) is 4.39 Å². The highest BCUT2D eigenvalue weighted by molar-refractivity contribution is 6.30. The smallest absolute Gasteiger partial charge is 0.140 e. The lowest BCUT2D eigenvalue weighted by Crippen LogP contribution is -2.06. The largest absolute Gasteiger partial charge is 0.299 e. The summed E-state index contributed by atoms with van der Waals surface area (Å²) in [7, 11) is 0. The summed E-state index contributed by atoms with van der Waals surface area (Å²) in [5.74, 6) is -0.0389. The van der Waals surface area contributed by atoms with E-state index in [0.29, 0.717) is 10.6 Å². The summed E-state index contributed by atoms with van der Waals surface area (Å²) in [5, 5.41) is 0.477. The van der Waals surface area contributed by atoms with E-state index in [1.54, 1.807) is 0 Å². The zero-order chi connectivity index (χ0) is 10.1. The summed E-state index contributed by atoms with van der Waals surface area (Å²) in [6.45, 7) is 0. The fraction of sp³-hybridized carbons (Fsp3) is 0.364. The van der Waals surface area contributed by atoms with Gasteiger partial charge in [-0.3, -0.25) is 4.79 Å². The number of hydrogen-bond acceptors (Lipinski definition) is 1. The lowest BCUT2D eigenvalue weighted by Gasteiger charge is -2.02. The molecule has 1 aliphatic carbocycles. The molecule has 1 nitrogen and oxygen atoms in total. The monoisotopic (exact) mass is 212 g/mol. The van der Waals surface area contributed by atoms with Crippen LogP contribution in [0.2, 0.25) is 5.02 Å². The third-order valence-electron chi connectivity index (χ3n) is 2.41. The number of halogens is 2. The molecule has 74 valence electrons. The summed E-state index contributed by atoms with van der Waals surface area (Å²) < 4.78 is 13.2. The molecule has 0 aromatic heterocycles. The summed E-state index contributed by atoms with van der Waals surface area (Å²) in [4.78, 5) is 11.4. The van der Waals surface area contributed by atoms with E-state index in [4.69, 9.17) is 11.6 Å². The second-order valence-electron chi connectivity index (χ2n) is 3.65. The lowest BCUT2D eigenvalue weighted by molar-refractivity contribution is -0.119. The Morgan fingerprint density at radius 2 is 2.21 bits per heavy atom. The van der Waals surface area contributed by atoms with E-state index in [-0.39, 0.29) is 23.9 Å². The first-order valence-corrected chi connectivity index (χ1v) is 5.01. The lowest BCUT2D eigenvalue weighted by atomic mass is 10.1. The van der Waals surface area contributed by atoms with Crippen LogP contribution in [0.5, 0.6) is 0 Å². The molecule has 0 bridgehead atoms. The van der Waals surface area contributed by atoms with Crippen LogP contribution < -0.4 is 0 Å². The minimum absolute atomic E-state index is 0.131. The number of rotatable bonds is 3. The van der Waals surface area contributed by atoms with Gasteiger partial charge in [0.25, 0.3) is 0 Å². The second-order valence-corrected chi connectivity index (χ2v) is 4.09. The van der Waals surface area contributed by atoms with Gasteiger partial charge >= 0.3 is 0 Å². The average Bonchev–Trinajstić information content (AvgIpc) is 2.94. The first-order chi connectivity index (χ1) is 6.66. The van der Waals surface area contributed by atoms with Crippen molar-refractivity contribution in [2.24, 2.45) is 5.92 Å². The first kappa shape index (κ1) is 9.66. The molecule has 0 spiro atoms. The first-order valence-electron chi connectivity index (χ1n) is 4.63. The van der Waals surface area contributed by atoms with Crippen molar-refractivity contribution < 1.29 is 9.18 Å². The third-order valence-corrected chi connectivity index (χ3v) is 2.64. The molecule has 1 fully saturated rings. The zero-order valence-corrected chi connectivity index (χ0v) is 8.35. The van der Waals surface area contributed by atoms with Crippen molar-refractivity contribution in [2.75, 3.05) is 0 Å². The molecule has 0 unspecified atom stereocenters. The van der Waals surface area contributed by atoms with E-state index in [1.807, 2.05) is 0 Å². The molecular weight excluding hydrogens is 203 g/mol. The Kier molecular flexibility index (Phi) is 2.55. The molecule has 1 saturated carbocycles. The quantitative estimate of drug-likeness (QED) is 0.753. The van der Waals surface area contributed by atoms with E-state index in [9.17, 15) is 9.18 Å². The van der Waals surface area contributed by atoms with E-state index < -0.39 is 0 Å². The van der Waals surface area contributed by atoms with Gasteiger partial charge in [0, 0.05) is 17.4 Å². The molecule has 1 aliphatic rings. The van der Waals surface area contributed by atoms with Gasteiger partial charge in [0.15, 0.2) is 0 Å². The zero-order valence-electron chi connectivity index (χ0n) is 7.59. The Morgan fingerprint density at radius 1 is 1.50 bits per heavy atom. The van der Waals surface area contributed by atoms with E-state index in [1.165, 1.54) is 18.2 Å². The third kappa shape index (κ3) is 2.13. The molecule has 0 N–H and O–H groups in total. The van der Waals surface area contributed by atoms with Gasteiger partial charge in [-0.05, 0) is 36.6 Å². The molecule has 14 heavy (non-hydrogen) atoms. The van der Waals surface area contributed by atoms with Crippen LogP contribution in [0.25, 0.3) is 0 Å². The highest BCUT2D eigenvalue weighted by Crippen LogP contribution is 2.31. The minimum atomic E-state index is -0.344. The minimum Gasteiger partial charge on any atom is -0.299 e. The molecular formula is C11H10ClFO. The van der Waals surface area contributed by atoms with E-state index in [2.05, 4.69) is 0 Å². The topological polar surface area (TPSA) is 17.1 Å². The molecule has 0 atom stereocenters. The molecule has 0 aliphatic heterocycles. The number of Topliss-reactive ketones (excluding diaryl/α,β-unsaturated/α-hetero) is 1. The highest BCUT2D eigenvalue weighted by Gasteiger charge is 2.29. The average molecular weight is 213 g/mol. The van der Waals surface area contributed by atoms with E-state index in [0.717, 1.165) is 12.8 Å². The van der Waals surface area contributed by atoms with Gasteiger partial charge in [0.2, 0.25) is 0 Å². The van der Waals surface area contributed by atoms with Crippen molar-refractivity contribution in [1.29, 1.82) is 0 Å². The van der Waals surface area contributed by atoms with Gasteiger partial charge < -0.3 is 0 Å². The van der Waals surface area contributed by atoms with Crippen molar-refractivity contribution in [1.82, 2.24) is 0 Å². The molecule has 1 aromatic carbocycles. The van der Waals surface area contributed by atoms with Gasteiger partial charge in [-0.15, -0.1) is 0 Å². The number of benzene rings is 1. The normalized spacial score (nSPS) is 15.6. The van der Waals surface area contributed by atoms with Crippen LogP contribution in [0.4, 0.5) is 4.39 Å². The number of hydrogen-bond donors (Lipinski definition) is 0. The maximum Gasteiger partial charge on any atom is 0.140 e. The summed E-state index contributed by atoms with van der Waals surface area (Å²) in [5.41, 5.74) is 0.411. The van der Waals surface area contributed by atoms with Gasteiger partial charge in [-0.2, -0.15) is 0 Å². The predicted molar refractivity (Wildman–Crippen MR) is 52.8 cm³/mol. The standard InChI is InChI=1S/C11H10ClFO/c12-9-3-4-10(13)8(5-9)6-11(14)7-1-2-7/h3-5,7H,1-2,6H2. The fourth-order valence-corrected chi connectivity index (χ4v) is 1.61. The Bertz CT molecular complexity index is 372. The van der Waals surface area contributed by atoms with Crippen molar-refractivity contribution in [3.8, 4) is 0 Å². The summed E-state index contributed by atoms with van der Waals surface area (Å²) in [6.07, 6.45) is 2.10. The van der Waals surface area contributed by atoms with Gasteiger partial charge in [0.05, 0.1) is 0 Å². The molecule has 0 heterocycles. The van der Waals surface area contributed by atoms with Crippen LogP contribution in [-0.4, -0.2) is 5.78 Å². The van der Waals surface area contributed by atoms with Crippen LogP contribution in [0, 0.1) is 11.7 Å². The summed E-state index contributed by atoms with van der Waals surface area (Å²) >= 11 is 5.72. The number of ketones is 1. The Balaban J connectivity index is 2.14. The predicted octanol–water partition coefficient (Wildman–Crippen LogP) is 3.00. The van der Waals surface area contributed by atoms with E-state index >= 15 is 0 Å². The van der Waals surface area contributed by atoms with Crippen LogP contribution >= 0.6 is 11.6 Å².